The lowest BCUT2D eigenvalue weighted by Gasteiger charge is -2.37. The first-order valence-electron chi connectivity index (χ1n) is 10.4. The van der Waals surface area contributed by atoms with Crippen molar-refractivity contribution in [1.82, 2.24) is 10.2 Å². The maximum absolute atomic E-state index is 12.9. The Kier molecular flexibility index (Phi) is 7.25. The number of carbonyl (C=O) groups is 2. The zero-order valence-electron chi connectivity index (χ0n) is 16.1. The van der Waals surface area contributed by atoms with Crippen molar-refractivity contribution < 1.29 is 14.0 Å². The van der Waals surface area contributed by atoms with Crippen LogP contribution in [-0.4, -0.2) is 35.8 Å². The standard InChI is InChI=1S/C22H31FN2O2/c23-19-12-9-17(10-13-19)6-5-15-24-22(27)18-11-14-21(26)25(16-18)20-7-3-1-2-4-8-20/h9-10,12-13,18,20H,1-8,11,14-16H2,(H,24,27)/t18-/m1/s1. The van der Waals surface area contributed by atoms with Gasteiger partial charge in [-0.25, -0.2) is 4.39 Å². The molecule has 1 aromatic rings. The molecule has 148 valence electrons. The summed E-state index contributed by atoms with van der Waals surface area (Å²) >= 11 is 0. The predicted octanol–water partition coefficient (Wildman–Crippen LogP) is 3.84. The minimum absolute atomic E-state index is 0.0697. The van der Waals surface area contributed by atoms with Gasteiger partial charge in [-0.3, -0.25) is 9.59 Å². The molecule has 0 aromatic heterocycles. The van der Waals surface area contributed by atoms with E-state index in [1.807, 2.05) is 4.90 Å². The van der Waals surface area contributed by atoms with Gasteiger partial charge in [-0.05, 0) is 49.8 Å². The molecule has 2 aliphatic rings. The number of amides is 2. The molecule has 2 amide bonds. The molecule has 0 bridgehead atoms. The summed E-state index contributed by atoms with van der Waals surface area (Å²) in [6.45, 7) is 1.19. The molecule has 5 heteroatoms. The van der Waals surface area contributed by atoms with Crippen molar-refractivity contribution in [3.8, 4) is 0 Å². The molecular formula is C22H31FN2O2. The Balaban J connectivity index is 1.43. The Morgan fingerprint density at radius 2 is 1.78 bits per heavy atom. The summed E-state index contributed by atoms with van der Waals surface area (Å²) < 4.78 is 12.9. The van der Waals surface area contributed by atoms with Gasteiger partial charge in [0.15, 0.2) is 0 Å². The fourth-order valence-electron chi connectivity index (χ4n) is 4.31. The SMILES string of the molecule is O=C(NCCCc1ccc(F)cc1)[C@@H]1CCC(=O)N(C2CCCCCC2)C1. The van der Waals surface area contributed by atoms with Crippen LogP contribution < -0.4 is 5.32 Å². The smallest absolute Gasteiger partial charge is 0.224 e. The molecule has 0 spiro atoms. The minimum Gasteiger partial charge on any atom is -0.356 e. The minimum atomic E-state index is -0.225. The highest BCUT2D eigenvalue weighted by Gasteiger charge is 2.34. The molecule has 3 rings (SSSR count). The zero-order chi connectivity index (χ0) is 19.1. The number of hydrogen-bond acceptors (Lipinski definition) is 2. The lowest BCUT2D eigenvalue weighted by molar-refractivity contribution is -0.141. The van der Waals surface area contributed by atoms with Crippen LogP contribution in [0, 0.1) is 11.7 Å². The van der Waals surface area contributed by atoms with E-state index in [4.69, 9.17) is 0 Å². The normalized spacial score (nSPS) is 21.7. The molecule has 1 aliphatic carbocycles. The molecule has 0 unspecified atom stereocenters. The van der Waals surface area contributed by atoms with Gasteiger partial charge in [-0.15, -0.1) is 0 Å². The van der Waals surface area contributed by atoms with Gasteiger partial charge in [0, 0.05) is 25.6 Å². The summed E-state index contributed by atoms with van der Waals surface area (Å²) in [6, 6.07) is 6.83. The van der Waals surface area contributed by atoms with E-state index in [1.54, 1.807) is 12.1 Å². The van der Waals surface area contributed by atoms with E-state index in [2.05, 4.69) is 5.32 Å². The van der Waals surface area contributed by atoms with Gasteiger partial charge >= 0.3 is 0 Å². The number of halogens is 1. The first-order valence-corrected chi connectivity index (χ1v) is 10.4. The number of rotatable bonds is 6. The van der Waals surface area contributed by atoms with Gasteiger partial charge in [0.05, 0.1) is 5.92 Å². The molecule has 2 fully saturated rings. The van der Waals surface area contributed by atoms with Gasteiger partial charge in [0.1, 0.15) is 5.82 Å². The van der Waals surface area contributed by atoms with Gasteiger partial charge in [0.25, 0.3) is 0 Å². The molecule has 4 nitrogen and oxygen atoms in total. The third kappa shape index (κ3) is 5.78. The highest BCUT2D eigenvalue weighted by Crippen LogP contribution is 2.27. The molecule has 1 atom stereocenters. The maximum Gasteiger partial charge on any atom is 0.224 e. The molecule has 1 saturated carbocycles. The van der Waals surface area contributed by atoms with Crippen molar-refractivity contribution in [2.75, 3.05) is 13.1 Å². The van der Waals surface area contributed by atoms with Gasteiger partial charge in [-0.1, -0.05) is 37.8 Å². The van der Waals surface area contributed by atoms with Crippen LogP contribution in [0.15, 0.2) is 24.3 Å². The summed E-state index contributed by atoms with van der Waals surface area (Å²) in [6.07, 6.45) is 9.86. The summed E-state index contributed by atoms with van der Waals surface area (Å²) in [5.41, 5.74) is 1.08. The van der Waals surface area contributed by atoms with E-state index in [0.29, 0.717) is 32.0 Å². The van der Waals surface area contributed by atoms with Crippen LogP contribution in [0.1, 0.15) is 63.4 Å². The monoisotopic (exact) mass is 374 g/mol. The number of aryl methyl sites for hydroxylation is 1. The highest BCUT2D eigenvalue weighted by molar-refractivity contribution is 5.84. The summed E-state index contributed by atoms with van der Waals surface area (Å²) in [7, 11) is 0. The van der Waals surface area contributed by atoms with E-state index in [0.717, 1.165) is 31.2 Å². The lowest BCUT2D eigenvalue weighted by Crippen LogP contribution is -2.50. The van der Waals surface area contributed by atoms with Crippen molar-refractivity contribution in [3.63, 3.8) is 0 Å². The van der Waals surface area contributed by atoms with E-state index < -0.39 is 0 Å². The van der Waals surface area contributed by atoms with Crippen molar-refractivity contribution in [3.05, 3.63) is 35.6 Å². The first-order chi connectivity index (χ1) is 13.1. The van der Waals surface area contributed by atoms with Crippen LogP contribution in [0.3, 0.4) is 0 Å². The Morgan fingerprint density at radius 1 is 1.07 bits per heavy atom. The van der Waals surface area contributed by atoms with Crippen LogP contribution in [0.25, 0.3) is 0 Å². The molecule has 1 saturated heterocycles. The van der Waals surface area contributed by atoms with Gasteiger partial charge in [0.2, 0.25) is 11.8 Å². The summed E-state index contributed by atoms with van der Waals surface area (Å²) in [4.78, 5) is 26.9. The number of benzene rings is 1. The topological polar surface area (TPSA) is 49.4 Å². The fraction of sp³-hybridized carbons (Fsp3) is 0.636. The second kappa shape index (κ2) is 9.86. The predicted molar refractivity (Wildman–Crippen MR) is 104 cm³/mol. The summed E-state index contributed by atoms with van der Waals surface area (Å²) in [5, 5.41) is 3.03. The number of carbonyl (C=O) groups excluding carboxylic acids is 2. The van der Waals surface area contributed by atoms with E-state index >= 15 is 0 Å². The quantitative estimate of drug-likeness (QED) is 0.608. The average Bonchev–Trinajstić information content (AvgIpc) is 2.96. The van der Waals surface area contributed by atoms with E-state index in [1.165, 1.54) is 37.8 Å². The van der Waals surface area contributed by atoms with Crippen LogP contribution in [0.2, 0.25) is 0 Å². The fourth-order valence-corrected chi connectivity index (χ4v) is 4.31. The number of piperidine rings is 1. The Hall–Kier alpha value is -1.91. The number of likely N-dealkylation sites (tertiary alicyclic amines) is 1. The third-order valence-corrected chi connectivity index (χ3v) is 5.94. The molecule has 0 radical (unpaired) electrons. The second-order valence-corrected chi connectivity index (χ2v) is 7.95. The number of nitrogens with one attached hydrogen (secondary N) is 1. The van der Waals surface area contributed by atoms with Gasteiger partial charge < -0.3 is 10.2 Å². The van der Waals surface area contributed by atoms with Crippen molar-refractivity contribution in [2.45, 2.75) is 70.3 Å². The highest BCUT2D eigenvalue weighted by atomic mass is 19.1. The Bertz CT molecular complexity index is 624. The van der Waals surface area contributed by atoms with Crippen molar-refractivity contribution in [1.29, 1.82) is 0 Å². The van der Waals surface area contributed by atoms with Crippen LogP contribution in [0.4, 0.5) is 4.39 Å². The molecule has 1 N–H and O–H groups in total. The number of hydrogen-bond donors (Lipinski definition) is 1. The average molecular weight is 375 g/mol. The van der Waals surface area contributed by atoms with Crippen LogP contribution in [0.5, 0.6) is 0 Å². The Labute approximate surface area is 161 Å². The zero-order valence-corrected chi connectivity index (χ0v) is 16.1. The third-order valence-electron chi connectivity index (χ3n) is 5.94. The van der Waals surface area contributed by atoms with Crippen LogP contribution >= 0.6 is 0 Å². The maximum atomic E-state index is 12.9. The second-order valence-electron chi connectivity index (χ2n) is 7.95. The molecule has 1 aromatic carbocycles. The van der Waals surface area contributed by atoms with Crippen molar-refractivity contribution >= 4 is 11.8 Å². The first kappa shape index (κ1) is 19.8. The summed E-state index contributed by atoms with van der Waals surface area (Å²) in [5.74, 6) is -0.0172. The van der Waals surface area contributed by atoms with Gasteiger partial charge in [-0.2, -0.15) is 0 Å². The lowest BCUT2D eigenvalue weighted by atomic mass is 9.93. The van der Waals surface area contributed by atoms with Crippen LogP contribution in [-0.2, 0) is 16.0 Å². The van der Waals surface area contributed by atoms with E-state index in [-0.39, 0.29) is 23.5 Å². The van der Waals surface area contributed by atoms with E-state index in [9.17, 15) is 14.0 Å². The largest absolute Gasteiger partial charge is 0.356 e. The molecule has 27 heavy (non-hydrogen) atoms. The molecule has 1 aliphatic heterocycles. The number of nitrogens with zero attached hydrogens (tertiary/aromatic N) is 1. The van der Waals surface area contributed by atoms with Crippen molar-refractivity contribution in [2.24, 2.45) is 5.92 Å². The molecular weight excluding hydrogens is 343 g/mol. The molecule has 1 heterocycles. The Morgan fingerprint density at radius 3 is 2.48 bits per heavy atom.